The summed E-state index contributed by atoms with van der Waals surface area (Å²) in [5.74, 6) is -0.254. The minimum Gasteiger partial charge on any atom is -0.481 e. The molecule has 0 saturated carbocycles. The molecule has 3 aromatic rings. The highest BCUT2D eigenvalue weighted by molar-refractivity contribution is 7.13. The van der Waals surface area contributed by atoms with E-state index < -0.39 is 5.97 Å². The van der Waals surface area contributed by atoms with E-state index in [9.17, 15) is 4.79 Å². The van der Waals surface area contributed by atoms with Crippen LogP contribution in [0.1, 0.15) is 11.6 Å². The number of carbonyl (C=O) groups is 1. The predicted octanol–water partition coefficient (Wildman–Crippen LogP) is 2.89. The van der Waals surface area contributed by atoms with Gasteiger partial charge in [0.05, 0.1) is 12.1 Å². The van der Waals surface area contributed by atoms with Crippen LogP contribution in [-0.2, 0) is 11.2 Å². The van der Waals surface area contributed by atoms with Gasteiger partial charge < -0.3 is 9.52 Å². The van der Waals surface area contributed by atoms with E-state index in [4.69, 9.17) is 9.52 Å². The van der Waals surface area contributed by atoms with E-state index in [1.807, 2.05) is 18.2 Å². The second-order valence-electron chi connectivity index (χ2n) is 4.13. The van der Waals surface area contributed by atoms with Crippen molar-refractivity contribution in [1.82, 2.24) is 9.97 Å². The molecular formula is C13H10N2O3S. The first-order chi connectivity index (χ1) is 9.11. The fourth-order valence-corrected chi connectivity index (χ4v) is 2.67. The molecule has 0 aliphatic heterocycles. The Labute approximate surface area is 112 Å². The number of carboxylic acid groups (broad SMARTS) is 1. The maximum Gasteiger partial charge on any atom is 0.309 e. The van der Waals surface area contributed by atoms with Gasteiger partial charge in [0, 0.05) is 17.9 Å². The highest BCUT2D eigenvalue weighted by Gasteiger charge is 2.10. The maximum absolute atomic E-state index is 10.6. The van der Waals surface area contributed by atoms with Crippen molar-refractivity contribution in [2.24, 2.45) is 0 Å². The Morgan fingerprint density at radius 2 is 2.26 bits per heavy atom. The molecule has 6 heteroatoms. The summed E-state index contributed by atoms with van der Waals surface area (Å²) < 4.78 is 5.47. The van der Waals surface area contributed by atoms with Crippen molar-refractivity contribution in [3.8, 4) is 10.6 Å². The molecule has 0 unspecified atom stereocenters. The summed E-state index contributed by atoms with van der Waals surface area (Å²) in [4.78, 5) is 19.2. The molecule has 5 nitrogen and oxygen atoms in total. The highest BCUT2D eigenvalue weighted by Crippen LogP contribution is 2.27. The van der Waals surface area contributed by atoms with Crippen molar-refractivity contribution >= 4 is 28.4 Å². The zero-order valence-electron chi connectivity index (χ0n) is 10.1. The summed E-state index contributed by atoms with van der Waals surface area (Å²) in [5.41, 5.74) is 3.00. The van der Waals surface area contributed by atoms with Gasteiger partial charge in [0.15, 0.2) is 11.5 Å². The zero-order valence-corrected chi connectivity index (χ0v) is 10.9. The third kappa shape index (κ3) is 2.34. The Morgan fingerprint density at radius 1 is 1.42 bits per heavy atom. The number of hydrogen-bond acceptors (Lipinski definition) is 5. The Balaban J connectivity index is 1.98. The molecule has 3 rings (SSSR count). The number of carboxylic acids is 1. The van der Waals surface area contributed by atoms with Crippen LogP contribution in [-0.4, -0.2) is 21.0 Å². The molecule has 0 saturated heterocycles. The number of aryl methyl sites for hydroxylation is 1. The first kappa shape index (κ1) is 11.9. The molecular weight excluding hydrogens is 264 g/mol. The van der Waals surface area contributed by atoms with Gasteiger partial charge in [-0.2, -0.15) is 0 Å². The molecule has 0 atom stereocenters. The van der Waals surface area contributed by atoms with Crippen molar-refractivity contribution in [3.63, 3.8) is 0 Å². The van der Waals surface area contributed by atoms with Crippen LogP contribution in [0.3, 0.4) is 0 Å². The molecule has 19 heavy (non-hydrogen) atoms. The Bertz CT molecular complexity index is 760. The van der Waals surface area contributed by atoms with Crippen LogP contribution in [0.2, 0.25) is 0 Å². The van der Waals surface area contributed by atoms with E-state index in [-0.39, 0.29) is 6.42 Å². The van der Waals surface area contributed by atoms with E-state index in [1.165, 1.54) is 11.3 Å². The van der Waals surface area contributed by atoms with E-state index in [2.05, 4.69) is 9.97 Å². The number of oxazole rings is 1. The highest BCUT2D eigenvalue weighted by atomic mass is 32.1. The summed E-state index contributed by atoms with van der Waals surface area (Å²) in [6.07, 6.45) is -0.0554. The smallest absolute Gasteiger partial charge is 0.309 e. The first-order valence-electron chi connectivity index (χ1n) is 5.65. The standard InChI is InChI=1S/C13H10N2O3S/c1-7-14-10-3-2-8(4-11(10)18-7)13-15-9(6-19-13)5-12(16)17/h2-4,6H,5H2,1H3,(H,16,17). The molecule has 0 amide bonds. The number of nitrogens with zero attached hydrogens (tertiary/aromatic N) is 2. The lowest BCUT2D eigenvalue weighted by Crippen LogP contribution is -1.99. The third-order valence-corrected chi connectivity index (χ3v) is 3.57. The normalized spacial score (nSPS) is 11.0. The summed E-state index contributed by atoms with van der Waals surface area (Å²) in [6, 6.07) is 5.66. The summed E-state index contributed by atoms with van der Waals surface area (Å²) >= 11 is 1.42. The van der Waals surface area contributed by atoms with Gasteiger partial charge in [0.25, 0.3) is 0 Å². The van der Waals surface area contributed by atoms with E-state index in [1.54, 1.807) is 12.3 Å². The summed E-state index contributed by atoms with van der Waals surface area (Å²) in [7, 11) is 0. The SMILES string of the molecule is Cc1nc2ccc(-c3nc(CC(=O)O)cs3)cc2o1. The van der Waals surface area contributed by atoms with Crippen LogP contribution in [0.4, 0.5) is 0 Å². The fraction of sp³-hybridized carbons (Fsp3) is 0.154. The molecule has 1 aromatic carbocycles. The molecule has 0 fully saturated rings. The molecule has 2 heterocycles. The summed E-state index contributed by atoms with van der Waals surface area (Å²) in [5, 5.41) is 11.3. The van der Waals surface area contributed by atoms with Crippen LogP contribution >= 0.6 is 11.3 Å². The third-order valence-electron chi connectivity index (χ3n) is 2.63. The molecule has 0 aliphatic rings. The van der Waals surface area contributed by atoms with Gasteiger partial charge in [-0.05, 0) is 18.2 Å². The van der Waals surface area contributed by atoms with E-state index >= 15 is 0 Å². The molecule has 0 spiro atoms. The van der Waals surface area contributed by atoms with Gasteiger partial charge in [-0.15, -0.1) is 11.3 Å². The first-order valence-corrected chi connectivity index (χ1v) is 6.53. The Hall–Kier alpha value is -2.21. The average Bonchev–Trinajstić information content (AvgIpc) is 2.92. The molecule has 96 valence electrons. The monoisotopic (exact) mass is 274 g/mol. The topological polar surface area (TPSA) is 76.2 Å². The van der Waals surface area contributed by atoms with Gasteiger partial charge in [-0.1, -0.05) is 0 Å². The van der Waals surface area contributed by atoms with Gasteiger partial charge in [-0.25, -0.2) is 9.97 Å². The van der Waals surface area contributed by atoms with Gasteiger partial charge in [-0.3, -0.25) is 4.79 Å². The molecule has 1 N–H and O–H groups in total. The lowest BCUT2D eigenvalue weighted by atomic mass is 10.2. The minimum atomic E-state index is -0.877. The zero-order chi connectivity index (χ0) is 13.4. The summed E-state index contributed by atoms with van der Waals surface area (Å²) in [6.45, 7) is 1.80. The van der Waals surface area contributed by atoms with Gasteiger partial charge in [0.1, 0.15) is 10.5 Å². The van der Waals surface area contributed by atoms with Gasteiger partial charge >= 0.3 is 5.97 Å². The van der Waals surface area contributed by atoms with E-state index in [0.717, 1.165) is 16.1 Å². The Kier molecular flexibility index (Phi) is 2.79. The quantitative estimate of drug-likeness (QED) is 0.794. The lowest BCUT2D eigenvalue weighted by molar-refractivity contribution is -0.136. The van der Waals surface area contributed by atoms with Crippen LogP contribution < -0.4 is 0 Å². The van der Waals surface area contributed by atoms with E-state index in [0.29, 0.717) is 17.2 Å². The molecule has 2 aromatic heterocycles. The van der Waals surface area contributed by atoms with Crippen molar-refractivity contribution in [3.05, 3.63) is 35.2 Å². The van der Waals surface area contributed by atoms with Gasteiger partial charge in [0.2, 0.25) is 0 Å². The maximum atomic E-state index is 10.6. The predicted molar refractivity (Wildman–Crippen MR) is 71.2 cm³/mol. The molecule has 0 aliphatic carbocycles. The number of rotatable bonds is 3. The second-order valence-corrected chi connectivity index (χ2v) is 4.99. The van der Waals surface area contributed by atoms with Crippen molar-refractivity contribution in [2.45, 2.75) is 13.3 Å². The van der Waals surface area contributed by atoms with Crippen molar-refractivity contribution in [2.75, 3.05) is 0 Å². The number of benzene rings is 1. The average molecular weight is 274 g/mol. The fourth-order valence-electron chi connectivity index (χ4n) is 1.85. The van der Waals surface area contributed by atoms with Crippen molar-refractivity contribution < 1.29 is 14.3 Å². The number of fused-ring (bicyclic) bond motifs is 1. The van der Waals surface area contributed by atoms with Crippen LogP contribution in [0.5, 0.6) is 0 Å². The lowest BCUT2D eigenvalue weighted by Gasteiger charge is -1.95. The number of hydrogen-bond donors (Lipinski definition) is 1. The Morgan fingerprint density at radius 3 is 3.05 bits per heavy atom. The van der Waals surface area contributed by atoms with Crippen LogP contribution in [0.15, 0.2) is 28.0 Å². The molecule has 0 radical (unpaired) electrons. The largest absolute Gasteiger partial charge is 0.481 e. The number of aromatic nitrogens is 2. The number of thiazole rings is 1. The number of aliphatic carboxylic acids is 1. The minimum absolute atomic E-state index is 0.0554. The second kappa shape index (κ2) is 4.47. The molecule has 0 bridgehead atoms. The van der Waals surface area contributed by atoms with Crippen LogP contribution in [0, 0.1) is 6.92 Å². The van der Waals surface area contributed by atoms with Crippen LogP contribution in [0.25, 0.3) is 21.7 Å². The van der Waals surface area contributed by atoms with Crippen molar-refractivity contribution in [1.29, 1.82) is 0 Å².